The molecule has 1 aromatic rings. The summed E-state index contributed by atoms with van der Waals surface area (Å²) in [6, 6.07) is 7.57. The van der Waals surface area contributed by atoms with Gasteiger partial charge in [-0.05, 0) is 31.3 Å². The van der Waals surface area contributed by atoms with Crippen LogP contribution in [0.4, 0.5) is 13.2 Å². The van der Waals surface area contributed by atoms with Crippen molar-refractivity contribution >= 4 is 0 Å². The van der Waals surface area contributed by atoms with Crippen LogP contribution in [-0.2, 0) is 0 Å². The molecule has 1 N–H and O–H groups in total. The monoisotopic (exact) mass is 304 g/mol. The van der Waals surface area contributed by atoms with Crippen molar-refractivity contribution in [1.82, 2.24) is 10.2 Å². The maximum Gasteiger partial charge on any atom is 0.390 e. The number of hydrogen-bond donors (Lipinski definition) is 1. The van der Waals surface area contributed by atoms with Crippen LogP contribution in [0.3, 0.4) is 0 Å². The van der Waals surface area contributed by atoms with Crippen LogP contribution in [0.5, 0.6) is 5.75 Å². The van der Waals surface area contributed by atoms with Gasteiger partial charge in [-0.25, -0.2) is 0 Å². The quantitative estimate of drug-likeness (QED) is 0.798. The Kier molecular flexibility index (Phi) is 6.98. The summed E-state index contributed by atoms with van der Waals surface area (Å²) in [7, 11) is 3.30. The molecule has 1 atom stereocenters. The van der Waals surface area contributed by atoms with E-state index in [9.17, 15) is 13.2 Å². The Morgan fingerprint density at radius 2 is 2.05 bits per heavy atom. The zero-order chi connectivity index (χ0) is 15.9. The summed E-state index contributed by atoms with van der Waals surface area (Å²) in [5.74, 6) is 0.744. The second kappa shape index (κ2) is 8.24. The van der Waals surface area contributed by atoms with Crippen molar-refractivity contribution < 1.29 is 17.9 Å². The molecule has 0 saturated carbocycles. The van der Waals surface area contributed by atoms with Gasteiger partial charge in [-0.3, -0.25) is 0 Å². The van der Waals surface area contributed by atoms with Gasteiger partial charge in [0.25, 0.3) is 0 Å². The average molecular weight is 304 g/mol. The van der Waals surface area contributed by atoms with Gasteiger partial charge in [-0.15, -0.1) is 0 Å². The Hall–Kier alpha value is -1.27. The van der Waals surface area contributed by atoms with Gasteiger partial charge < -0.3 is 15.0 Å². The lowest BCUT2D eigenvalue weighted by Gasteiger charge is -2.25. The molecule has 6 heteroatoms. The number of ether oxygens (including phenoxy) is 1. The molecule has 1 unspecified atom stereocenters. The van der Waals surface area contributed by atoms with Gasteiger partial charge in [0.1, 0.15) is 5.75 Å². The zero-order valence-corrected chi connectivity index (χ0v) is 12.7. The van der Waals surface area contributed by atoms with Crippen molar-refractivity contribution in [3.8, 4) is 5.75 Å². The molecule has 0 radical (unpaired) electrons. The molecule has 0 aliphatic rings. The number of alkyl halides is 3. The van der Waals surface area contributed by atoms with Crippen molar-refractivity contribution in [2.75, 3.05) is 33.8 Å². The topological polar surface area (TPSA) is 24.5 Å². The number of hydrogen-bond acceptors (Lipinski definition) is 3. The molecular formula is C15H23F3N2O. The molecule has 0 amide bonds. The standard InChI is InChI=1S/C15H23F3N2O/c1-4-19-14(11-20(2)9-8-15(16,17)18)12-6-5-7-13(10-12)21-3/h5-7,10,14,19H,4,8-9,11H2,1-3H3. The number of likely N-dealkylation sites (N-methyl/N-ethyl adjacent to an activating group) is 2. The second-order valence-electron chi connectivity index (χ2n) is 5.01. The van der Waals surface area contributed by atoms with Crippen molar-refractivity contribution in [2.45, 2.75) is 25.6 Å². The third-order valence-electron chi connectivity index (χ3n) is 3.22. The van der Waals surface area contributed by atoms with Gasteiger partial charge in [-0.1, -0.05) is 19.1 Å². The lowest BCUT2D eigenvalue weighted by Crippen LogP contribution is -2.34. The summed E-state index contributed by atoms with van der Waals surface area (Å²) in [4.78, 5) is 1.69. The lowest BCUT2D eigenvalue weighted by molar-refractivity contribution is -0.137. The summed E-state index contributed by atoms with van der Waals surface area (Å²) < 4.78 is 42.0. The van der Waals surface area contributed by atoms with Gasteiger partial charge >= 0.3 is 6.18 Å². The SMILES string of the molecule is CCNC(CN(C)CCC(F)(F)F)c1cccc(OC)c1. The first kappa shape index (κ1) is 17.8. The molecule has 0 saturated heterocycles. The number of nitrogens with one attached hydrogen (secondary N) is 1. The van der Waals surface area contributed by atoms with E-state index in [1.54, 1.807) is 19.1 Å². The minimum Gasteiger partial charge on any atom is -0.497 e. The summed E-state index contributed by atoms with van der Waals surface area (Å²) >= 11 is 0. The van der Waals surface area contributed by atoms with Crippen LogP contribution < -0.4 is 10.1 Å². The third-order valence-corrected chi connectivity index (χ3v) is 3.22. The van der Waals surface area contributed by atoms with Crippen LogP contribution in [0.15, 0.2) is 24.3 Å². The first-order valence-electron chi connectivity index (χ1n) is 6.98. The number of rotatable bonds is 8. The van der Waals surface area contributed by atoms with Gasteiger partial charge in [0.05, 0.1) is 13.5 Å². The Morgan fingerprint density at radius 3 is 2.62 bits per heavy atom. The van der Waals surface area contributed by atoms with Crippen LogP contribution in [0, 0.1) is 0 Å². The van der Waals surface area contributed by atoms with Crippen LogP contribution in [-0.4, -0.2) is 44.9 Å². The number of benzene rings is 1. The molecule has 0 bridgehead atoms. The minimum atomic E-state index is -4.11. The first-order valence-corrected chi connectivity index (χ1v) is 6.98. The lowest BCUT2D eigenvalue weighted by atomic mass is 10.1. The van der Waals surface area contributed by atoms with Crippen molar-refractivity contribution in [2.24, 2.45) is 0 Å². The van der Waals surface area contributed by atoms with E-state index in [1.807, 2.05) is 31.2 Å². The van der Waals surface area contributed by atoms with Gasteiger partial charge in [0, 0.05) is 19.1 Å². The van der Waals surface area contributed by atoms with E-state index >= 15 is 0 Å². The van der Waals surface area contributed by atoms with Crippen molar-refractivity contribution in [3.05, 3.63) is 29.8 Å². The Bertz CT molecular complexity index is 424. The molecule has 0 aromatic heterocycles. The first-order chi connectivity index (χ1) is 9.85. The normalized spacial score (nSPS) is 13.5. The molecule has 0 aliphatic heterocycles. The van der Waals surface area contributed by atoms with E-state index in [1.165, 1.54) is 0 Å². The average Bonchev–Trinajstić information content (AvgIpc) is 2.44. The Balaban J connectivity index is 2.68. The molecule has 0 fully saturated rings. The smallest absolute Gasteiger partial charge is 0.390 e. The van der Waals surface area contributed by atoms with E-state index < -0.39 is 12.6 Å². The minimum absolute atomic E-state index is 0.00460. The molecular weight excluding hydrogens is 281 g/mol. The maximum absolute atomic E-state index is 12.3. The number of halogens is 3. The zero-order valence-electron chi connectivity index (χ0n) is 12.7. The molecule has 1 aromatic carbocycles. The summed E-state index contributed by atoms with van der Waals surface area (Å²) in [5.41, 5.74) is 1.01. The van der Waals surface area contributed by atoms with Gasteiger partial charge in [0.15, 0.2) is 0 Å². The fourth-order valence-corrected chi connectivity index (χ4v) is 2.11. The van der Waals surface area contributed by atoms with E-state index in [2.05, 4.69) is 5.32 Å². The van der Waals surface area contributed by atoms with Gasteiger partial charge in [-0.2, -0.15) is 13.2 Å². The van der Waals surface area contributed by atoms with E-state index in [4.69, 9.17) is 4.74 Å². The van der Waals surface area contributed by atoms with Crippen LogP contribution in [0.1, 0.15) is 24.9 Å². The molecule has 0 spiro atoms. The molecule has 0 aliphatic carbocycles. The second-order valence-corrected chi connectivity index (χ2v) is 5.01. The van der Waals surface area contributed by atoms with Gasteiger partial charge in [0.2, 0.25) is 0 Å². The van der Waals surface area contributed by atoms with Crippen molar-refractivity contribution in [3.63, 3.8) is 0 Å². The van der Waals surface area contributed by atoms with E-state index in [0.717, 1.165) is 17.9 Å². The molecule has 21 heavy (non-hydrogen) atoms. The van der Waals surface area contributed by atoms with E-state index in [0.29, 0.717) is 6.54 Å². The molecule has 1 rings (SSSR count). The molecule has 120 valence electrons. The fraction of sp³-hybridized carbons (Fsp3) is 0.600. The van der Waals surface area contributed by atoms with E-state index in [-0.39, 0.29) is 12.6 Å². The highest BCUT2D eigenvalue weighted by atomic mass is 19.4. The fourth-order valence-electron chi connectivity index (χ4n) is 2.11. The van der Waals surface area contributed by atoms with Crippen LogP contribution >= 0.6 is 0 Å². The third kappa shape index (κ3) is 6.82. The highest BCUT2D eigenvalue weighted by molar-refractivity contribution is 5.30. The predicted octanol–water partition coefficient (Wildman–Crippen LogP) is 3.23. The largest absolute Gasteiger partial charge is 0.497 e. The summed E-state index contributed by atoms with van der Waals surface area (Å²) in [6.45, 7) is 3.23. The number of methoxy groups -OCH3 is 1. The molecule has 3 nitrogen and oxygen atoms in total. The Morgan fingerprint density at radius 1 is 1.33 bits per heavy atom. The van der Waals surface area contributed by atoms with Crippen LogP contribution in [0.2, 0.25) is 0 Å². The summed E-state index contributed by atoms with van der Waals surface area (Å²) in [6.07, 6.45) is -4.90. The number of nitrogens with zero attached hydrogens (tertiary/aromatic N) is 1. The van der Waals surface area contributed by atoms with Crippen molar-refractivity contribution in [1.29, 1.82) is 0 Å². The molecule has 0 heterocycles. The maximum atomic E-state index is 12.3. The summed E-state index contributed by atoms with van der Waals surface area (Å²) in [5, 5.41) is 3.30. The Labute approximate surface area is 124 Å². The van der Waals surface area contributed by atoms with Crippen LogP contribution in [0.25, 0.3) is 0 Å². The highest BCUT2D eigenvalue weighted by Gasteiger charge is 2.27. The highest BCUT2D eigenvalue weighted by Crippen LogP contribution is 2.22. The predicted molar refractivity (Wildman–Crippen MR) is 77.6 cm³/mol.